The minimum atomic E-state index is -2.65. The molecule has 2 unspecified atom stereocenters. The highest BCUT2D eigenvalue weighted by Gasteiger charge is 2.32. The Morgan fingerprint density at radius 2 is 2.03 bits per heavy atom. The molecule has 1 fully saturated rings. The third kappa shape index (κ3) is 5.34. The molecule has 3 rings (SSSR count). The van der Waals surface area contributed by atoms with Gasteiger partial charge in [0.2, 0.25) is 11.8 Å². The third-order valence-corrected chi connectivity index (χ3v) is 5.28. The van der Waals surface area contributed by atoms with Crippen LogP contribution in [0.2, 0.25) is 5.02 Å². The van der Waals surface area contributed by atoms with Crippen LogP contribution >= 0.6 is 11.6 Å². The molecule has 0 saturated carbocycles. The van der Waals surface area contributed by atoms with Gasteiger partial charge >= 0.3 is 0 Å². The van der Waals surface area contributed by atoms with Gasteiger partial charge in [0.15, 0.2) is 0 Å². The molecular formula is C21H22ClF3N4O2. The maximum Gasteiger partial charge on any atom is 0.265 e. The topological polar surface area (TPSA) is 83.1 Å². The molecule has 1 saturated heterocycles. The van der Waals surface area contributed by atoms with Crippen molar-refractivity contribution in [2.75, 3.05) is 0 Å². The summed E-state index contributed by atoms with van der Waals surface area (Å²) in [5.74, 6) is -1.50. The van der Waals surface area contributed by atoms with Gasteiger partial charge in [-0.3, -0.25) is 19.9 Å². The predicted molar refractivity (Wildman–Crippen MR) is 109 cm³/mol. The third-order valence-electron chi connectivity index (χ3n) is 4.95. The Kier molecular flexibility index (Phi) is 7.17. The van der Waals surface area contributed by atoms with Gasteiger partial charge in [-0.1, -0.05) is 31.5 Å². The SMILES string of the molecule is CC(C)C(=O)NCc1ccc(Cl)c(C2NC(=O)CC(c3ccc(C(F)F)cn3)N2)c1F. The van der Waals surface area contributed by atoms with Crippen LogP contribution in [0.25, 0.3) is 0 Å². The first-order valence-corrected chi connectivity index (χ1v) is 10.1. The highest BCUT2D eigenvalue weighted by molar-refractivity contribution is 6.31. The smallest absolute Gasteiger partial charge is 0.265 e. The number of rotatable bonds is 6. The normalized spacial score (nSPS) is 18.9. The summed E-state index contributed by atoms with van der Waals surface area (Å²) in [6.45, 7) is 3.42. The zero-order chi connectivity index (χ0) is 22.7. The van der Waals surface area contributed by atoms with Gasteiger partial charge in [-0.15, -0.1) is 0 Å². The Bertz CT molecular complexity index is 970. The van der Waals surface area contributed by atoms with Crippen molar-refractivity contribution >= 4 is 23.4 Å². The van der Waals surface area contributed by atoms with E-state index >= 15 is 4.39 Å². The average Bonchev–Trinajstić information content (AvgIpc) is 2.72. The van der Waals surface area contributed by atoms with Gasteiger partial charge in [-0.05, 0) is 18.2 Å². The van der Waals surface area contributed by atoms with Crippen molar-refractivity contribution < 1.29 is 22.8 Å². The number of carbonyl (C=O) groups excluding carboxylic acids is 2. The number of pyridine rings is 1. The number of nitrogens with one attached hydrogen (secondary N) is 3. The van der Waals surface area contributed by atoms with Crippen molar-refractivity contribution in [3.05, 3.63) is 63.7 Å². The summed E-state index contributed by atoms with van der Waals surface area (Å²) >= 11 is 6.23. The highest BCUT2D eigenvalue weighted by atomic mass is 35.5. The van der Waals surface area contributed by atoms with Crippen molar-refractivity contribution in [2.45, 2.75) is 45.4 Å². The van der Waals surface area contributed by atoms with Gasteiger partial charge in [0.05, 0.1) is 16.8 Å². The molecule has 6 nitrogen and oxygen atoms in total. The highest BCUT2D eigenvalue weighted by Crippen LogP contribution is 2.32. The number of hydrogen-bond acceptors (Lipinski definition) is 4. The van der Waals surface area contributed by atoms with Crippen LogP contribution in [0.1, 0.15) is 61.3 Å². The number of hydrogen-bond donors (Lipinski definition) is 3. The molecule has 31 heavy (non-hydrogen) atoms. The van der Waals surface area contributed by atoms with Gasteiger partial charge in [0.1, 0.15) is 12.0 Å². The van der Waals surface area contributed by atoms with Crippen molar-refractivity contribution in [3.63, 3.8) is 0 Å². The van der Waals surface area contributed by atoms with E-state index in [2.05, 4.69) is 20.9 Å². The second-order valence-electron chi connectivity index (χ2n) is 7.55. The number of aromatic nitrogens is 1. The second kappa shape index (κ2) is 9.65. The number of amides is 2. The summed E-state index contributed by atoms with van der Waals surface area (Å²) in [6, 6.07) is 4.98. The molecule has 10 heteroatoms. The molecule has 0 radical (unpaired) electrons. The second-order valence-corrected chi connectivity index (χ2v) is 7.95. The fraction of sp³-hybridized carbons (Fsp3) is 0.381. The van der Waals surface area contributed by atoms with E-state index in [9.17, 15) is 18.4 Å². The van der Waals surface area contributed by atoms with Gasteiger partial charge < -0.3 is 10.6 Å². The molecule has 1 aliphatic rings. The van der Waals surface area contributed by atoms with Gasteiger partial charge in [0, 0.05) is 41.8 Å². The lowest BCUT2D eigenvalue weighted by atomic mass is 10.0. The maximum absolute atomic E-state index is 15.2. The predicted octanol–water partition coefficient (Wildman–Crippen LogP) is 3.93. The van der Waals surface area contributed by atoms with Gasteiger partial charge in [-0.25, -0.2) is 13.2 Å². The molecule has 2 aromatic rings. The lowest BCUT2D eigenvalue weighted by Gasteiger charge is -2.32. The first-order valence-electron chi connectivity index (χ1n) is 9.71. The Hall–Kier alpha value is -2.65. The lowest BCUT2D eigenvalue weighted by Crippen LogP contribution is -2.47. The van der Waals surface area contributed by atoms with Crippen LogP contribution in [0.5, 0.6) is 0 Å². The number of halogens is 4. The molecule has 1 aromatic carbocycles. The van der Waals surface area contributed by atoms with Crippen molar-refractivity contribution in [1.82, 2.24) is 20.9 Å². The Labute approximate surface area is 182 Å². The quantitative estimate of drug-likeness (QED) is 0.617. The zero-order valence-electron chi connectivity index (χ0n) is 16.9. The van der Waals surface area contributed by atoms with Crippen LogP contribution in [-0.4, -0.2) is 16.8 Å². The van der Waals surface area contributed by atoms with Crippen LogP contribution in [0, 0.1) is 11.7 Å². The molecule has 0 aliphatic carbocycles. The number of nitrogens with zero attached hydrogens (tertiary/aromatic N) is 1. The monoisotopic (exact) mass is 454 g/mol. The van der Waals surface area contributed by atoms with Gasteiger partial charge in [-0.2, -0.15) is 0 Å². The summed E-state index contributed by atoms with van der Waals surface area (Å²) in [5.41, 5.74) is 0.387. The molecule has 3 N–H and O–H groups in total. The minimum Gasteiger partial charge on any atom is -0.352 e. The molecule has 2 atom stereocenters. The molecule has 2 heterocycles. The Morgan fingerprint density at radius 1 is 1.29 bits per heavy atom. The molecular weight excluding hydrogens is 433 g/mol. The first-order chi connectivity index (χ1) is 14.7. The largest absolute Gasteiger partial charge is 0.352 e. The molecule has 1 aromatic heterocycles. The van der Waals surface area contributed by atoms with Gasteiger partial charge in [0.25, 0.3) is 6.43 Å². The van der Waals surface area contributed by atoms with Crippen molar-refractivity contribution in [1.29, 1.82) is 0 Å². The van der Waals surface area contributed by atoms with E-state index < -0.39 is 24.5 Å². The number of carbonyl (C=O) groups is 2. The molecule has 166 valence electrons. The summed E-state index contributed by atoms with van der Waals surface area (Å²) in [6.07, 6.45) is -2.56. The van der Waals surface area contributed by atoms with Crippen LogP contribution in [0.3, 0.4) is 0 Å². The van der Waals surface area contributed by atoms with Crippen LogP contribution in [0.4, 0.5) is 13.2 Å². The number of benzene rings is 1. The summed E-state index contributed by atoms with van der Waals surface area (Å²) in [5, 5.41) is 8.45. The molecule has 0 bridgehead atoms. The van der Waals surface area contributed by atoms with E-state index in [-0.39, 0.29) is 52.4 Å². The fourth-order valence-corrected chi connectivity index (χ4v) is 3.46. The number of alkyl halides is 2. The fourth-order valence-electron chi connectivity index (χ4n) is 3.21. The lowest BCUT2D eigenvalue weighted by molar-refractivity contribution is -0.125. The summed E-state index contributed by atoms with van der Waals surface area (Å²) < 4.78 is 40.8. The first kappa shape index (κ1) is 23.0. The van der Waals surface area contributed by atoms with E-state index in [0.29, 0.717) is 5.69 Å². The van der Waals surface area contributed by atoms with E-state index in [1.807, 2.05) is 0 Å². The molecule has 2 amide bonds. The van der Waals surface area contributed by atoms with E-state index in [1.54, 1.807) is 13.8 Å². The van der Waals surface area contributed by atoms with Crippen molar-refractivity contribution in [3.8, 4) is 0 Å². The Morgan fingerprint density at radius 3 is 2.65 bits per heavy atom. The van der Waals surface area contributed by atoms with Crippen molar-refractivity contribution in [2.24, 2.45) is 5.92 Å². The summed E-state index contributed by atoms with van der Waals surface area (Å²) in [4.78, 5) is 28.1. The zero-order valence-corrected chi connectivity index (χ0v) is 17.6. The van der Waals surface area contributed by atoms with E-state index in [1.165, 1.54) is 24.3 Å². The van der Waals surface area contributed by atoms with Crippen LogP contribution in [-0.2, 0) is 16.1 Å². The summed E-state index contributed by atoms with van der Waals surface area (Å²) in [7, 11) is 0. The Balaban J connectivity index is 1.84. The van der Waals surface area contributed by atoms with Crippen LogP contribution < -0.4 is 16.0 Å². The average molecular weight is 455 g/mol. The molecule has 0 spiro atoms. The maximum atomic E-state index is 15.2. The van der Waals surface area contributed by atoms with E-state index in [0.717, 1.165) is 6.20 Å². The minimum absolute atomic E-state index is 0.000893. The molecule has 1 aliphatic heterocycles. The van der Waals surface area contributed by atoms with E-state index in [4.69, 9.17) is 11.6 Å². The van der Waals surface area contributed by atoms with Crippen LogP contribution in [0.15, 0.2) is 30.5 Å². The standard InChI is InChI=1S/C21H22ClF3N4O2/c1-10(2)21(31)27-8-11-3-5-13(22)17(18(11)23)20-28-15(7-16(30)29-20)14-6-4-12(9-26-14)19(24)25/h3-6,9-10,15,19-20,28H,7-8H2,1-2H3,(H,27,31)(H,29,30).